The van der Waals surface area contributed by atoms with Gasteiger partial charge in [-0.15, -0.1) is 0 Å². The maximum atomic E-state index is 9.49. The van der Waals surface area contributed by atoms with E-state index in [9.17, 15) is 5.11 Å². The molecule has 0 radical (unpaired) electrons. The fourth-order valence-corrected chi connectivity index (χ4v) is 2.02. The lowest BCUT2D eigenvalue weighted by atomic mass is 9.99. The van der Waals surface area contributed by atoms with Crippen LogP contribution in [0.5, 0.6) is 5.75 Å². The van der Waals surface area contributed by atoms with Crippen LogP contribution in [0.4, 0.5) is 0 Å². The second-order valence-corrected chi connectivity index (χ2v) is 5.55. The Hall–Kier alpha value is -1.06. The predicted molar refractivity (Wildman–Crippen MR) is 72.9 cm³/mol. The van der Waals surface area contributed by atoms with Crippen molar-refractivity contribution >= 4 is 0 Å². The maximum Gasteiger partial charge on any atom is 0.119 e. The van der Waals surface area contributed by atoms with Crippen LogP contribution in [0, 0.1) is 6.92 Å². The molecule has 0 aromatic heterocycles. The van der Waals surface area contributed by atoms with E-state index in [0.29, 0.717) is 12.6 Å². The third-order valence-corrected chi connectivity index (χ3v) is 3.39. The number of aliphatic hydroxyl groups excluding tert-OH is 1. The smallest absolute Gasteiger partial charge is 0.119 e. The third-order valence-electron chi connectivity index (χ3n) is 3.39. The Morgan fingerprint density at radius 2 is 2.22 bits per heavy atom. The highest BCUT2D eigenvalue weighted by Gasteiger charge is 2.31. The molecule has 0 heterocycles. The summed E-state index contributed by atoms with van der Waals surface area (Å²) in [5.74, 6) is 0.904. The SMILES string of the molecule is Cc1cccc(OCCC(C)(CO)NC2CC2)c1. The molecule has 1 atom stereocenters. The lowest BCUT2D eigenvalue weighted by Crippen LogP contribution is -2.48. The molecule has 0 spiro atoms. The molecule has 1 saturated carbocycles. The zero-order valence-electron chi connectivity index (χ0n) is 11.3. The Bertz CT molecular complexity index is 390. The summed E-state index contributed by atoms with van der Waals surface area (Å²) in [5.41, 5.74) is 0.985. The van der Waals surface area contributed by atoms with Crippen LogP contribution in [-0.4, -0.2) is 29.9 Å². The minimum absolute atomic E-state index is 0.153. The molecule has 3 heteroatoms. The van der Waals surface area contributed by atoms with Crippen LogP contribution >= 0.6 is 0 Å². The van der Waals surface area contributed by atoms with Crippen molar-refractivity contribution in [2.75, 3.05) is 13.2 Å². The van der Waals surface area contributed by atoms with Crippen molar-refractivity contribution in [2.24, 2.45) is 0 Å². The Labute approximate surface area is 109 Å². The summed E-state index contributed by atoms with van der Waals surface area (Å²) < 4.78 is 5.74. The first kappa shape index (κ1) is 13.4. The zero-order valence-corrected chi connectivity index (χ0v) is 11.3. The first-order valence-corrected chi connectivity index (χ1v) is 6.69. The van der Waals surface area contributed by atoms with E-state index in [1.165, 1.54) is 18.4 Å². The molecule has 1 aromatic carbocycles. The van der Waals surface area contributed by atoms with E-state index >= 15 is 0 Å². The molecule has 1 unspecified atom stereocenters. The van der Waals surface area contributed by atoms with Crippen molar-refractivity contribution in [1.29, 1.82) is 0 Å². The van der Waals surface area contributed by atoms with Crippen molar-refractivity contribution in [3.05, 3.63) is 29.8 Å². The maximum absolute atomic E-state index is 9.49. The van der Waals surface area contributed by atoms with Crippen molar-refractivity contribution in [3.63, 3.8) is 0 Å². The Morgan fingerprint density at radius 3 is 2.83 bits per heavy atom. The highest BCUT2D eigenvalue weighted by Crippen LogP contribution is 2.24. The van der Waals surface area contributed by atoms with Gasteiger partial charge >= 0.3 is 0 Å². The van der Waals surface area contributed by atoms with E-state index in [1.807, 2.05) is 18.2 Å². The summed E-state index contributed by atoms with van der Waals surface area (Å²) in [7, 11) is 0. The summed E-state index contributed by atoms with van der Waals surface area (Å²) in [5, 5.41) is 13.0. The van der Waals surface area contributed by atoms with Gasteiger partial charge in [0.2, 0.25) is 0 Å². The number of aryl methyl sites for hydroxylation is 1. The molecule has 3 nitrogen and oxygen atoms in total. The van der Waals surface area contributed by atoms with E-state index in [0.717, 1.165) is 12.2 Å². The monoisotopic (exact) mass is 249 g/mol. The van der Waals surface area contributed by atoms with Crippen molar-refractivity contribution in [2.45, 2.75) is 44.7 Å². The summed E-state index contributed by atoms with van der Waals surface area (Å²) in [6.07, 6.45) is 3.27. The van der Waals surface area contributed by atoms with Gasteiger partial charge in [-0.3, -0.25) is 0 Å². The number of aliphatic hydroxyl groups is 1. The molecule has 0 bridgehead atoms. The Kier molecular flexibility index (Phi) is 4.25. The Morgan fingerprint density at radius 1 is 1.44 bits per heavy atom. The largest absolute Gasteiger partial charge is 0.494 e. The van der Waals surface area contributed by atoms with Crippen molar-refractivity contribution in [3.8, 4) is 5.75 Å². The summed E-state index contributed by atoms with van der Waals surface area (Å²) in [6.45, 7) is 4.89. The van der Waals surface area contributed by atoms with E-state index in [-0.39, 0.29) is 12.1 Å². The lowest BCUT2D eigenvalue weighted by molar-refractivity contribution is 0.142. The molecule has 2 rings (SSSR count). The van der Waals surface area contributed by atoms with Gasteiger partial charge in [0.1, 0.15) is 5.75 Å². The van der Waals surface area contributed by atoms with Crippen LogP contribution in [0.25, 0.3) is 0 Å². The minimum atomic E-state index is -0.217. The molecule has 1 aliphatic rings. The average molecular weight is 249 g/mol. The molecule has 2 N–H and O–H groups in total. The number of hydrogen-bond acceptors (Lipinski definition) is 3. The fourth-order valence-electron chi connectivity index (χ4n) is 2.02. The zero-order chi connectivity index (χ0) is 13.0. The number of benzene rings is 1. The van der Waals surface area contributed by atoms with Gasteiger partial charge in [-0.1, -0.05) is 12.1 Å². The standard InChI is InChI=1S/C15H23NO2/c1-12-4-3-5-14(10-12)18-9-8-15(2,11-17)16-13-6-7-13/h3-5,10,13,16-17H,6-9,11H2,1-2H3. The van der Waals surface area contributed by atoms with Gasteiger partial charge in [0.15, 0.2) is 0 Å². The number of hydrogen-bond donors (Lipinski definition) is 2. The topological polar surface area (TPSA) is 41.5 Å². The van der Waals surface area contributed by atoms with Crippen LogP contribution in [0.15, 0.2) is 24.3 Å². The average Bonchev–Trinajstić information content (AvgIpc) is 3.13. The first-order chi connectivity index (χ1) is 8.61. The quantitative estimate of drug-likeness (QED) is 0.779. The lowest BCUT2D eigenvalue weighted by Gasteiger charge is -2.29. The van der Waals surface area contributed by atoms with Crippen LogP contribution in [0.3, 0.4) is 0 Å². The molecule has 100 valence electrons. The van der Waals surface area contributed by atoms with Crippen LogP contribution in [-0.2, 0) is 0 Å². The van der Waals surface area contributed by atoms with Gasteiger partial charge < -0.3 is 15.2 Å². The molecule has 0 amide bonds. The number of nitrogens with one attached hydrogen (secondary N) is 1. The molecule has 18 heavy (non-hydrogen) atoms. The second-order valence-electron chi connectivity index (χ2n) is 5.55. The molecule has 1 fully saturated rings. The van der Waals surface area contributed by atoms with Gasteiger partial charge in [0.05, 0.1) is 13.2 Å². The normalized spacial score (nSPS) is 18.4. The first-order valence-electron chi connectivity index (χ1n) is 6.69. The van der Waals surface area contributed by atoms with E-state index in [4.69, 9.17) is 4.74 Å². The molecule has 1 aromatic rings. The highest BCUT2D eigenvalue weighted by molar-refractivity contribution is 5.27. The highest BCUT2D eigenvalue weighted by atomic mass is 16.5. The fraction of sp³-hybridized carbons (Fsp3) is 0.600. The van der Waals surface area contributed by atoms with Gasteiger partial charge in [0.25, 0.3) is 0 Å². The summed E-state index contributed by atoms with van der Waals surface area (Å²) in [6, 6.07) is 8.65. The van der Waals surface area contributed by atoms with E-state index in [2.05, 4.69) is 25.2 Å². The molecule has 1 aliphatic carbocycles. The van der Waals surface area contributed by atoms with Crippen LogP contribution in [0.2, 0.25) is 0 Å². The third kappa shape index (κ3) is 4.00. The van der Waals surface area contributed by atoms with Gasteiger partial charge in [0, 0.05) is 18.0 Å². The molecular weight excluding hydrogens is 226 g/mol. The second kappa shape index (κ2) is 5.72. The minimum Gasteiger partial charge on any atom is -0.494 e. The van der Waals surface area contributed by atoms with Gasteiger partial charge in [-0.25, -0.2) is 0 Å². The predicted octanol–water partition coefficient (Wildman–Crippen LogP) is 2.27. The molecule has 0 aliphatic heterocycles. The molecular formula is C15H23NO2. The molecule has 0 saturated heterocycles. The summed E-state index contributed by atoms with van der Waals surface area (Å²) in [4.78, 5) is 0. The Balaban J connectivity index is 1.79. The van der Waals surface area contributed by atoms with Crippen LogP contribution in [0.1, 0.15) is 31.7 Å². The van der Waals surface area contributed by atoms with E-state index < -0.39 is 0 Å². The number of rotatable bonds is 7. The van der Waals surface area contributed by atoms with Crippen molar-refractivity contribution in [1.82, 2.24) is 5.32 Å². The van der Waals surface area contributed by atoms with Gasteiger partial charge in [-0.2, -0.15) is 0 Å². The van der Waals surface area contributed by atoms with Gasteiger partial charge in [-0.05, 0) is 44.4 Å². The summed E-state index contributed by atoms with van der Waals surface area (Å²) >= 11 is 0. The van der Waals surface area contributed by atoms with Crippen LogP contribution < -0.4 is 10.1 Å². The number of ether oxygens (including phenoxy) is 1. The van der Waals surface area contributed by atoms with Crippen molar-refractivity contribution < 1.29 is 9.84 Å². The van der Waals surface area contributed by atoms with E-state index in [1.54, 1.807) is 0 Å².